The number of hydrogen-bond donors (Lipinski definition) is 3. The van der Waals surface area contributed by atoms with E-state index >= 15 is 0 Å². The lowest BCUT2D eigenvalue weighted by atomic mass is 9.42. The Morgan fingerprint density at radius 2 is 1.86 bits per heavy atom. The maximum atomic E-state index is 13.4. The highest BCUT2D eigenvalue weighted by molar-refractivity contribution is 5.95. The van der Waals surface area contributed by atoms with Crippen molar-refractivity contribution in [2.45, 2.75) is 74.3 Å². The van der Waals surface area contributed by atoms with E-state index in [9.17, 15) is 15.0 Å². The second-order valence-corrected chi connectivity index (χ2v) is 13.8. The van der Waals surface area contributed by atoms with Gasteiger partial charge in [-0.25, -0.2) is 4.79 Å². The Labute approximate surface area is 247 Å². The second-order valence-electron chi connectivity index (χ2n) is 13.8. The summed E-state index contributed by atoms with van der Waals surface area (Å²) in [6.45, 7) is 3.54. The lowest BCUT2D eigenvalue weighted by Gasteiger charge is -2.70. The molecule has 0 amide bonds. The molecule has 2 unspecified atom stereocenters. The van der Waals surface area contributed by atoms with Crippen LogP contribution in [-0.2, 0) is 23.7 Å². The molecule has 0 radical (unpaired) electrons. The van der Waals surface area contributed by atoms with Crippen molar-refractivity contribution < 1.29 is 38.7 Å². The Balaban J connectivity index is 1.41. The zero-order valence-corrected chi connectivity index (χ0v) is 25.3. The zero-order chi connectivity index (χ0) is 29.8. The third kappa shape index (κ3) is 3.12. The fraction of sp³-hybridized carbons (Fsp3) is 0.781. The van der Waals surface area contributed by atoms with Crippen LogP contribution in [0, 0.1) is 34.5 Å². The molecule has 1 aromatic carbocycles. The van der Waals surface area contributed by atoms with Crippen LogP contribution >= 0.6 is 0 Å². The normalized spacial score (nSPS) is 50.1. The fourth-order valence-electron chi connectivity index (χ4n) is 12.0. The van der Waals surface area contributed by atoms with Crippen molar-refractivity contribution in [3.63, 3.8) is 0 Å². The molecule has 0 aromatic heterocycles. The van der Waals surface area contributed by atoms with E-state index in [-0.39, 0.29) is 48.6 Å². The van der Waals surface area contributed by atoms with Crippen molar-refractivity contribution in [3.8, 4) is 0 Å². The zero-order valence-electron chi connectivity index (χ0n) is 25.3. The van der Waals surface area contributed by atoms with Gasteiger partial charge in [-0.05, 0) is 43.9 Å². The van der Waals surface area contributed by atoms with Crippen LogP contribution in [0.25, 0.3) is 0 Å². The third-order valence-corrected chi connectivity index (χ3v) is 13.0. The molecule has 7 bridgehead atoms. The van der Waals surface area contributed by atoms with Crippen molar-refractivity contribution >= 4 is 11.7 Å². The number of aliphatic hydroxyl groups is 2. The summed E-state index contributed by atoms with van der Waals surface area (Å²) in [7, 11) is 6.80. The molecule has 6 fully saturated rings. The number of carbonyl (C=O) groups excluding carboxylic acids is 1. The van der Waals surface area contributed by atoms with Crippen molar-refractivity contribution in [2.24, 2.45) is 34.5 Å². The number of piperidine rings is 1. The standard InChI is InChI=1S/C32H46N2O8/c1-6-34-15-29(16-42-27(35)17-9-7-8-10-20(17)33)12-11-22(39-3)31-19-13-18-21(38-2)14-30(36,23(19)24(18)40-4)32(37,28(31)34)26(41-5)25(29)31/h7-10,18-19,21-26,28,36-37H,6,11-16,33H2,1-5H3/t18-,19-,21+,22+,23-,24+,25-,26+,28?,29+,30-,31+,32?/m1/s1. The van der Waals surface area contributed by atoms with Gasteiger partial charge in [0.2, 0.25) is 0 Å². The number of esters is 1. The van der Waals surface area contributed by atoms with Crippen molar-refractivity contribution in [1.29, 1.82) is 0 Å². The van der Waals surface area contributed by atoms with Crippen LogP contribution < -0.4 is 5.73 Å². The highest BCUT2D eigenvalue weighted by atomic mass is 16.5. The monoisotopic (exact) mass is 586 g/mol. The van der Waals surface area contributed by atoms with Crippen LogP contribution in [0.4, 0.5) is 5.69 Å². The van der Waals surface area contributed by atoms with E-state index in [1.807, 2.05) is 0 Å². The second kappa shape index (κ2) is 9.60. The minimum absolute atomic E-state index is 0.00697. The third-order valence-electron chi connectivity index (χ3n) is 13.0. The summed E-state index contributed by atoms with van der Waals surface area (Å²) in [5.41, 5.74) is 2.65. The Morgan fingerprint density at radius 3 is 2.50 bits per heavy atom. The molecular weight excluding hydrogens is 540 g/mol. The molecule has 5 saturated carbocycles. The van der Waals surface area contributed by atoms with Crippen LogP contribution in [0.15, 0.2) is 24.3 Å². The van der Waals surface area contributed by atoms with Crippen molar-refractivity contribution in [1.82, 2.24) is 4.90 Å². The SMILES string of the molecule is CCN1C[C@]2(COC(=O)c3ccccc3N)CC[C@H](OC)[C@]34C1C(O)([C@@H](OC)[C@H]23)[C@@]1(O)C[C@H](OC)[C@H]2C[C@@H]4[C@@H]1[C@H]2OC. The summed E-state index contributed by atoms with van der Waals surface area (Å²) in [5.74, 6) is -0.892. The van der Waals surface area contributed by atoms with E-state index in [0.29, 0.717) is 30.8 Å². The molecule has 1 saturated heterocycles. The minimum Gasteiger partial charge on any atom is -0.461 e. The molecule has 1 heterocycles. The predicted molar refractivity (Wildman–Crippen MR) is 153 cm³/mol. The summed E-state index contributed by atoms with van der Waals surface area (Å²) in [4.78, 5) is 15.7. The Kier molecular flexibility index (Phi) is 6.62. The van der Waals surface area contributed by atoms with Gasteiger partial charge in [0.15, 0.2) is 0 Å². The largest absolute Gasteiger partial charge is 0.461 e. The molecule has 5 aliphatic carbocycles. The van der Waals surface area contributed by atoms with Gasteiger partial charge in [0.25, 0.3) is 0 Å². The average molecular weight is 587 g/mol. The number of ether oxygens (including phenoxy) is 5. The smallest absolute Gasteiger partial charge is 0.340 e. The van der Waals surface area contributed by atoms with Gasteiger partial charge in [-0.3, -0.25) is 4.90 Å². The van der Waals surface area contributed by atoms with Gasteiger partial charge in [0.1, 0.15) is 11.2 Å². The van der Waals surface area contributed by atoms with Gasteiger partial charge >= 0.3 is 5.97 Å². The van der Waals surface area contributed by atoms with Crippen LogP contribution in [0.5, 0.6) is 0 Å². The highest BCUT2D eigenvalue weighted by Crippen LogP contribution is 2.80. The highest BCUT2D eigenvalue weighted by Gasteiger charge is 2.91. The number of carbonyl (C=O) groups is 1. The van der Waals surface area contributed by atoms with E-state index in [2.05, 4.69) is 11.8 Å². The number of fused-ring (bicyclic) bond motifs is 2. The lowest BCUT2D eigenvalue weighted by Crippen LogP contribution is -2.82. The average Bonchev–Trinajstić information content (AvgIpc) is 3.41. The van der Waals surface area contributed by atoms with E-state index < -0.39 is 40.1 Å². The van der Waals surface area contributed by atoms with Gasteiger partial charge in [0, 0.05) is 75.7 Å². The van der Waals surface area contributed by atoms with Gasteiger partial charge in [0.05, 0.1) is 42.6 Å². The number of nitrogens with two attached hydrogens (primary N) is 1. The summed E-state index contributed by atoms with van der Waals surface area (Å²) in [6.07, 6.45) is 1.22. The predicted octanol–water partition coefficient (Wildman–Crippen LogP) is 1.72. The maximum Gasteiger partial charge on any atom is 0.340 e. The van der Waals surface area contributed by atoms with E-state index in [4.69, 9.17) is 29.4 Å². The van der Waals surface area contributed by atoms with Gasteiger partial charge in [-0.1, -0.05) is 19.1 Å². The minimum atomic E-state index is -1.62. The van der Waals surface area contributed by atoms with Crippen LogP contribution in [0.1, 0.15) is 43.0 Å². The fourth-order valence-corrected chi connectivity index (χ4v) is 12.0. The lowest BCUT2D eigenvalue weighted by molar-refractivity contribution is -0.320. The number of anilines is 1. The Morgan fingerprint density at radius 1 is 1.10 bits per heavy atom. The Hall–Kier alpha value is -1.79. The summed E-state index contributed by atoms with van der Waals surface area (Å²) < 4.78 is 31.1. The first kappa shape index (κ1) is 29.0. The molecule has 4 N–H and O–H groups in total. The Bertz CT molecular complexity index is 1250. The van der Waals surface area contributed by atoms with Crippen molar-refractivity contribution in [2.75, 3.05) is 53.9 Å². The molecule has 232 valence electrons. The maximum absolute atomic E-state index is 13.4. The molecular formula is C32H46N2O8. The first-order valence-electron chi connectivity index (χ1n) is 15.5. The van der Waals surface area contributed by atoms with Crippen LogP contribution in [0.2, 0.25) is 0 Å². The van der Waals surface area contributed by atoms with Gasteiger partial charge in [-0.2, -0.15) is 0 Å². The number of likely N-dealkylation sites (N-methyl/N-ethyl adjacent to an activating group) is 1. The molecule has 6 aliphatic rings. The summed E-state index contributed by atoms with van der Waals surface area (Å²) in [6, 6.07) is 6.55. The van der Waals surface area contributed by atoms with Crippen molar-refractivity contribution in [3.05, 3.63) is 29.8 Å². The summed E-state index contributed by atoms with van der Waals surface area (Å²) in [5, 5.41) is 26.3. The van der Waals surface area contributed by atoms with E-state index in [1.165, 1.54) is 0 Å². The molecule has 42 heavy (non-hydrogen) atoms. The first-order valence-corrected chi connectivity index (χ1v) is 15.5. The number of para-hydroxylation sites is 1. The number of rotatable bonds is 8. The molecule has 10 nitrogen and oxygen atoms in total. The molecule has 13 atom stereocenters. The van der Waals surface area contributed by atoms with Crippen LogP contribution in [-0.4, -0.2) is 111 Å². The number of benzene rings is 1. The quantitative estimate of drug-likeness (QED) is 0.306. The molecule has 1 spiro atoms. The number of nitrogen functional groups attached to an aromatic ring is 1. The van der Waals surface area contributed by atoms with Crippen LogP contribution in [0.3, 0.4) is 0 Å². The number of likely N-dealkylation sites (tertiary alicyclic amines) is 1. The number of nitrogens with zero attached hydrogens (tertiary/aromatic N) is 1. The molecule has 1 aromatic rings. The number of hydrogen-bond acceptors (Lipinski definition) is 10. The summed E-state index contributed by atoms with van der Waals surface area (Å²) >= 11 is 0. The van der Waals surface area contributed by atoms with E-state index in [0.717, 1.165) is 19.3 Å². The molecule has 1 aliphatic heterocycles. The molecule has 10 heteroatoms. The number of methoxy groups -OCH3 is 4. The van der Waals surface area contributed by atoms with Gasteiger partial charge in [-0.15, -0.1) is 0 Å². The van der Waals surface area contributed by atoms with E-state index in [1.54, 1.807) is 52.7 Å². The first-order chi connectivity index (χ1) is 20.1. The van der Waals surface area contributed by atoms with Gasteiger partial charge < -0.3 is 39.6 Å². The molecule has 7 rings (SSSR count). The topological polar surface area (TPSA) is 133 Å².